The van der Waals surface area contributed by atoms with Gasteiger partial charge >= 0.3 is 0 Å². The molecule has 0 radical (unpaired) electrons. The van der Waals surface area contributed by atoms with Crippen molar-refractivity contribution >= 4 is 5.96 Å². The van der Waals surface area contributed by atoms with E-state index in [4.69, 9.17) is 0 Å². The fourth-order valence-corrected chi connectivity index (χ4v) is 4.21. The van der Waals surface area contributed by atoms with E-state index in [9.17, 15) is 0 Å². The number of hydrogen-bond acceptors (Lipinski definition) is 2. The van der Waals surface area contributed by atoms with E-state index in [2.05, 4.69) is 48.1 Å². The van der Waals surface area contributed by atoms with Gasteiger partial charge in [0.05, 0.1) is 0 Å². The first-order valence-electron chi connectivity index (χ1n) is 9.08. The SMILES string of the molecule is CN=C(NCC(CC(C)C)N(C)C)N1CCC2(CCCC2)C1. The Morgan fingerprint density at radius 1 is 1.23 bits per heavy atom. The first kappa shape index (κ1) is 17.6. The largest absolute Gasteiger partial charge is 0.355 e. The van der Waals surface area contributed by atoms with Gasteiger partial charge in [-0.05, 0) is 51.1 Å². The highest BCUT2D eigenvalue weighted by Gasteiger charge is 2.41. The van der Waals surface area contributed by atoms with Crippen molar-refractivity contribution in [2.45, 2.75) is 58.4 Å². The van der Waals surface area contributed by atoms with Gasteiger partial charge in [0.1, 0.15) is 0 Å². The molecule has 0 amide bonds. The summed E-state index contributed by atoms with van der Waals surface area (Å²) in [5.74, 6) is 1.84. The molecule has 1 N–H and O–H groups in total. The zero-order valence-corrected chi connectivity index (χ0v) is 15.4. The molecule has 4 heteroatoms. The summed E-state index contributed by atoms with van der Waals surface area (Å²) in [7, 11) is 6.29. The van der Waals surface area contributed by atoms with Crippen LogP contribution in [-0.2, 0) is 0 Å². The minimum Gasteiger partial charge on any atom is -0.355 e. The number of hydrogen-bond donors (Lipinski definition) is 1. The summed E-state index contributed by atoms with van der Waals surface area (Å²) in [6.07, 6.45) is 8.29. The summed E-state index contributed by atoms with van der Waals surface area (Å²) < 4.78 is 0. The zero-order chi connectivity index (χ0) is 16.2. The third kappa shape index (κ3) is 4.37. The van der Waals surface area contributed by atoms with Crippen molar-refractivity contribution in [1.29, 1.82) is 0 Å². The Balaban J connectivity index is 1.87. The van der Waals surface area contributed by atoms with Crippen molar-refractivity contribution in [2.24, 2.45) is 16.3 Å². The summed E-state index contributed by atoms with van der Waals surface area (Å²) in [6.45, 7) is 7.98. The molecular formula is C18H36N4. The highest BCUT2D eigenvalue weighted by molar-refractivity contribution is 5.80. The van der Waals surface area contributed by atoms with Gasteiger partial charge in [-0.2, -0.15) is 0 Å². The van der Waals surface area contributed by atoms with Crippen molar-refractivity contribution in [3.63, 3.8) is 0 Å². The molecule has 1 unspecified atom stereocenters. The van der Waals surface area contributed by atoms with E-state index < -0.39 is 0 Å². The molecule has 1 spiro atoms. The van der Waals surface area contributed by atoms with Crippen LogP contribution in [0.15, 0.2) is 4.99 Å². The zero-order valence-electron chi connectivity index (χ0n) is 15.4. The lowest BCUT2D eigenvalue weighted by atomic mass is 9.86. The van der Waals surface area contributed by atoms with Gasteiger partial charge in [0.2, 0.25) is 0 Å². The van der Waals surface area contributed by atoms with Crippen LogP contribution in [0, 0.1) is 11.3 Å². The second-order valence-electron chi connectivity index (χ2n) is 8.05. The molecule has 1 heterocycles. The van der Waals surface area contributed by atoms with E-state index in [-0.39, 0.29) is 0 Å². The van der Waals surface area contributed by atoms with Crippen molar-refractivity contribution < 1.29 is 0 Å². The molecule has 1 saturated heterocycles. The summed E-state index contributed by atoms with van der Waals surface area (Å²) in [5.41, 5.74) is 0.608. The first-order chi connectivity index (χ1) is 10.5. The van der Waals surface area contributed by atoms with E-state index in [0.717, 1.165) is 18.4 Å². The van der Waals surface area contributed by atoms with Crippen LogP contribution >= 0.6 is 0 Å². The van der Waals surface area contributed by atoms with Crippen LogP contribution in [0.3, 0.4) is 0 Å². The third-order valence-corrected chi connectivity index (χ3v) is 5.58. The number of aliphatic imine (C=N–C) groups is 1. The van der Waals surface area contributed by atoms with Crippen LogP contribution in [-0.4, -0.2) is 62.6 Å². The predicted octanol–water partition coefficient (Wildman–Crippen LogP) is 2.80. The van der Waals surface area contributed by atoms with Crippen molar-refractivity contribution in [3.8, 4) is 0 Å². The molecule has 2 fully saturated rings. The van der Waals surface area contributed by atoms with Gasteiger partial charge in [-0.25, -0.2) is 0 Å². The van der Waals surface area contributed by atoms with Gasteiger partial charge in [-0.15, -0.1) is 0 Å². The van der Waals surface area contributed by atoms with Crippen LogP contribution in [0.2, 0.25) is 0 Å². The average Bonchev–Trinajstić information content (AvgIpc) is 3.09. The fraction of sp³-hybridized carbons (Fsp3) is 0.944. The normalized spacial score (nSPS) is 23.0. The number of likely N-dealkylation sites (tertiary alicyclic amines) is 1. The predicted molar refractivity (Wildman–Crippen MR) is 95.4 cm³/mol. The molecule has 0 bridgehead atoms. The smallest absolute Gasteiger partial charge is 0.193 e. The molecule has 0 aromatic rings. The quantitative estimate of drug-likeness (QED) is 0.626. The Labute approximate surface area is 137 Å². The molecular weight excluding hydrogens is 272 g/mol. The molecule has 1 saturated carbocycles. The fourth-order valence-electron chi connectivity index (χ4n) is 4.21. The Hall–Kier alpha value is -0.770. The highest BCUT2D eigenvalue weighted by atomic mass is 15.3. The van der Waals surface area contributed by atoms with Gasteiger partial charge in [-0.1, -0.05) is 26.7 Å². The molecule has 2 rings (SSSR count). The number of likely N-dealkylation sites (N-methyl/N-ethyl adjacent to an activating group) is 1. The van der Waals surface area contributed by atoms with Crippen LogP contribution < -0.4 is 5.32 Å². The minimum absolute atomic E-state index is 0.569. The van der Waals surface area contributed by atoms with Crippen LogP contribution in [0.5, 0.6) is 0 Å². The molecule has 2 aliphatic rings. The van der Waals surface area contributed by atoms with Gasteiger partial charge in [0.15, 0.2) is 5.96 Å². The van der Waals surface area contributed by atoms with Crippen molar-refractivity contribution in [2.75, 3.05) is 40.8 Å². The maximum absolute atomic E-state index is 4.55. The van der Waals surface area contributed by atoms with Crippen LogP contribution in [0.25, 0.3) is 0 Å². The molecule has 0 aromatic carbocycles. The molecule has 4 nitrogen and oxygen atoms in total. The van der Waals surface area contributed by atoms with Crippen molar-refractivity contribution in [1.82, 2.24) is 15.1 Å². The van der Waals surface area contributed by atoms with Crippen LogP contribution in [0.4, 0.5) is 0 Å². The second-order valence-corrected chi connectivity index (χ2v) is 8.05. The summed E-state index contributed by atoms with van der Waals surface area (Å²) >= 11 is 0. The lowest BCUT2D eigenvalue weighted by Crippen LogP contribution is -2.47. The first-order valence-corrected chi connectivity index (χ1v) is 9.08. The lowest BCUT2D eigenvalue weighted by molar-refractivity contribution is 0.251. The highest BCUT2D eigenvalue weighted by Crippen LogP contribution is 2.45. The van der Waals surface area contributed by atoms with Gasteiger partial charge in [-0.3, -0.25) is 4.99 Å². The van der Waals surface area contributed by atoms with E-state index >= 15 is 0 Å². The number of nitrogens with one attached hydrogen (secondary N) is 1. The Bertz CT molecular complexity index is 369. The molecule has 1 atom stereocenters. The molecule has 1 aliphatic heterocycles. The monoisotopic (exact) mass is 308 g/mol. The van der Waals surface area contributed by atoms with E-state index in [0.29, 0.717) is 11.5 Å². The molecule has 0 aromatic heterocycles. The van der Waals surface area contributed by atoms with Gasteiger partial charge in [0, 0.05) is 32.7 Å². The molecule has 1 aliphatic carbocycles. The van der Waals surface area contributed by atoms with E-state index in [1.165, 1.54) is 51.6 Å². The number of guanidine groups is 1. The maximum Gasteiger partial charge on any atom is 0.193 e. The Morgan fingerprint density at radius 2 is 1.91 bits per heavy atom. The minimum atomic E-state index is 0.569. The average molecular weight is 309 g/mol. The second kappa shape index (κ2) is 7.67. The molecule has 22 heavy (non-hydrogen) atoms. The summed E-state index contributed by atoms with van der Waals surface area (Å²) in [4.78, 5) is 9.38. The van der Waals surface area contributed by atoms with Crippen molar-refractivity contribution in [3.05, 3.63) is 0 Å². The van der Waals surface area contributed by atoms with Gasteiger partial charge < -0.3 is 15.1 Å². The number of nitrogens with zero attached hydrogens (tertiary/aromatic N) is 3. The Morgan fingerprint density at radius 3 is 2.45 bits per heavy atom. The van der Waals surface area contributed by atoms with Gasteiger partial charge in [0.25, 0.3) is 0 Å². The standard InChI is InChI=1S/C18H36N4/c1-15(2)12-16(21(4)5)13-20-17(19-3)22-11-10-18(14-22)8-6-7-9-18/h15-16H,6-14H2,1-5H3,(H,19,20). The van der Waals surface area contributed by atoms with E-state index in [1.807, 2.05) is 7.05 Å². The summed E-state index contributed by atoms with van der Waals surface area (Å²) in [5, 5.41) is 3.64. The van der Waals surface area contributed by atoms with Crippen LogP contribution in [0.1, 0.15) is 52.4 Å². The summed E-state index contributed by atoms with van der Waals surface area (Å²) in [6, 6.07) is 0.569. The Kier molecular flexibility index (Phi) is 6.13. The lowest BCUT2D eigenvalue weighted by Gasteiger charge is -2.30. The molecule has 128 valence electrons. The van der Waals surface area contributed by atoms with E-state index in [1.54, 1.807) is 0 Å². The number of rotatable bonds is 5. The third-order valence-electron chi connectivity index (χ3n) is 5.58. The topological polar surface area (TPSA) is 30.9 Å². The maximum atomic E-state index is 4.55.